The van der Waals surface area contributed by atoms with Gasteiger partial charge in [0.05, 0.1) is 21.6 Å². The zero-order valence-corrected chi connectivity index (χ0v) is 7.72. The topological polar surface area (TPSA) is 80.3 Å². The van der Waals surface area contributed by atoms with Gasteiger partial charge in [-0.15, -0.1) is 0 Å². The number of alkyl halides is 2. The minimum absolute atomic E-state index is 1.27. The summed E-state index contributed by atoms with van der Waals surface area (Å²) in [4.78, 5) is 17.4. The third kappa shape index (κ3) is 2.66. The highest BCUT2D eigenvalue weighted by atomic mass is 79.9. The molecule has 0 aliphatic rings. The summed E-state index contributed by atoms with van der Waals surface area (Å²) >= 11 is 5.16. The lowest BCUT2D eigenvalue weighted by atomic mass is 10.3. The van der Waals surface area contributed by atoms with Crippen molar-refractivity contribution in [3.8, 4) is 0 Å². The van der Waals surface area contributed by atoms with Gasteiger partial charge >= 0.3 is 0 Å². The number of carbonyl (C=O) groups is 2. The van der Waals surface area contributed by atoms with Gasteiger partial charge in [0, 0.05) is 0 Å². The van der Waals surface area contributed by atoms with E-state index in [1.165, 1.54) is 0 Å². The van der Waals surface area contributed by atoms with Crippen LogP contribution in [0.3, 0.4) is 0 Å². The van der Waals surface area contributed by atoms with E-state index < -0.39 is 21.6 Å². The van der Waals surface area contributed by atoms with Crippen LogP contribution in [0, 0.1) is 0 Å². The van der Waals surface area contributed by atoms with Gasteiger partial charge in [0.25, 0.3) is 0 Å². The molecule has 0 aliphatic carbocycles. The van der Waals surface area contributed by atoms with Crippen LogP contribution >= 0.6 is 31.9 Å². The van der Waals surface area contributed by atoms with E-state index in [4.69, 9.17) is 0 Å². The van der Waals surface area contributed by atoms with E-state index in [2.05, 4.69) is 31.9 Å². The second-order valence-corrected chi connectivity index (χ2v) is 3.41. The summed E-state index contributed by atoms with van der Waals surface area (Å²) in [5.41, 5.74) is 0. The zero-order chi connectivity index (χ0) is 8.31. The fourth-order valence-electron chi connectivity index (χ4n) is 0.239. The summed E-state index contributed by atoms with van der Waals surface area (Å²) in [7, 11) is 0. The Bertz CT molecular complexity index is 139. The van der Waals surface area contributed by atoms with Gasteiger partial charge in [0.2, 0.25) is 0 Å². The van der Waals surface area contributed by atoms with Crippen molar-refractivity contribution in [2.75, 3.05) is 0 Å². The maximum Gasteiger partial charge on any atom is 0.0719 e. The minimum atomic E-state index is -1.49. The van der Waals surface area contributed by atoms with Gasteiger partial charge in [0.15, 0.2) is 0 Å². The first-order chi connectivity index (χ1) is 4.46. The lowest BCUT2D eigenvalue weighted by Crippen LogP contribution is -2.45. The maximum atomic E-state index is 9.97. The molecule has 0 radical (unpaired) electrons. The first-order valence-electron chi connectivity index (χ1n) is 2.16. The maximum absolute atomic E-state index is 9.97. The Labute approximate surface area is 73.5 Å². The zero-order valence-electron chi connectivity index (χ0n) is 4.54. The first-order valence-corrected chi connectivity index (χ1v) is 3.99. The quantitative estimate of drug-likeness (QED) is 0.558. The molecule has 0 aliphatic heterocycles. The Morgan fingerprint density at radius 3 is 1.30 bits per heavy atom. The van der Waals surface area contributed by atoms with Crippen LogP contribution in [0.5, 0.6) is 0 Å². The molecular weight excluding hydrogens is 272 g/mol. The molecule has 4 nitrogen and oxygen atoms in total. The molecular formula is C4H2Br2O4-2. The highest BCUT2D eigenvalue weighted by molar-refractivity contribution is 9.12. The van der Waals surface area contributed by atoms with Crippen LogP contribution in [0.25, 0.3) is 0 Å². The van der Waals surface area contributed by atoms with Gasteiger partial charge in [-0.2, -0.15) is 0 Å². The monoisotopic (exact) mass is 272 g/mol. The van der Waals surface area contributed by atoms with Gasteiger partial charge in [-0.1, -0.05) is 31.9 Å². The van der Waals surface area contributed by atoms with E-state index in [1.807, 2.05) is 0 Å². The number of carboxylic acids is 2. The second-order valence-electron chi connectivity index (χ2n) is 1.44. The summed E-state index contributed by atoms with van der Waals surface area (Å²) in [6.45, 7) is 0. The van der Waals surface area contributed by atoms with Crippen molar-refractivity contribution in [2.24, 2.45) is 0 Å². The fourth-order valence-corrected chi connectivity index (χ4v) is 0.671. The van der Waals surface area contributed by atoms with Gasteiger partial charge in [0.1, 0.15) is 0 Å². The largest absolute Gasteiger partial charge is 0.549 e. The Hall–Kier alpha value is -0.100. The van der Waals surface area contributed by atoms with E-state index >= 15 is 0 Å². The molecule has 0 heterocycles. The van der Waals surface area contributed by atoms with Crippen LogP contribution in [0.2, 0.25) is 0 Å². The Morgan fingerprint density at radius 2 is 1.20 bits per heavy atom. The molecule has 2 atom stereocenters. The first kappa shape index (κ1) is 9.90. The highest BCUT2D eigenvalue weighted by Crippen LogP contribution is 2.12. The van der Waals surface area contributed by atoms with Gasteiger partial charge in [-0.05, 0) is 0 Å². The smallest absolute Gasteiger partial charge is 0.0719 e. The van der Waals surface area contributed by atoms with Gasteiger partial charge in [-0.3, -0.25) is 0 Å². The molecule has 0 rings (SSSR count). The van der Waals surface area contributed by atoms with Crippen molar-refractivity contribution >= 4 is 43.8 Å². The van der Waals surface area contributed by atoms with Crippen LogP contribution in [0.1, 0.15) is 0 Å². The Balaban J connectivity index is 4.07. The second kappa shape index (κ2) is 3.92. The third-order valence-corrected chi connectivity index (χ3v) is 3.22. The Kier molecular flexibility index (Phi) is 3.88. The van der Waals surface area contributed by atoms with Crippen molar-refractivity contribution in [3.63, 3.8) is 0 Å². The van der Waals surface area contributed by atoms with Crippen LogP contribution in [-0.4, -0.2) is 21.6 Å². The molecule has 58 valence electrons. The van der Waals surface area contributed by atoms with E-state index in [9.17, 15) is 19.8 Å². The van der Waals surface area contributed by atoms with Crippen LogP contribution in [-0.2, 0) is 9.59 Å². The SMILES string of the molecule is O=C([O-])[C@H](Br)[C@@H](Br)C(=O)[O-]. The van der Waals surface area contributed by atoms with Crippen molar-refractivity contribution in [1.82, 2.24) is 0 Å². The summed E-state index contributed by atoms with van der Waals surface area (Å²) in [5.74, 6) is -2.99. The van der Waals surface area contributed by atoms with E-state index in [-0.39, 0.29) is 0 Å². The van der Waals surface area contributed by atoms with Crippen LogP contribution in [0.4, 0.5) is 0 Å². The molecule has 0 spiro atoms. The average molecular weight is 274 g/mol. The van der Waals surface area contributed by atoms with Gasteiger partial charge < -0.3 is 19.8 Å². The third-order valence-electron chi connectivity index (χ3n) is 0.707. The predicted octanol–water partition coefficient (Wildman–Crippen LogP) is -1.99. The van der Waals surface area contributed by atoms with E-state index in [0.29, 0.717) is 0 Å². The van der Waals surface area contributed by atoms with Crippen molar-refractivity contribution < 1.29 is 19.8 Å². The summed E-state index contributed by atoms with van der Waals surface area (Å²) in [6.07, 6.45) is 0. The molecule has 0 saturated heterocycles. The number of carboxylic acid groups (broad SMARTS) is 2. The number of halogens is 2. The molecule has 0 fully saturated rings. The molecule has 6 heteroatoms. The molecule has 0 unspecified atom stereocenters. The number of hydrogen-bond acceptors (Lipinski definition) is 4. The summed E-state index contributed by atoms with van der Waals surface area (Å²) < 4.78 is 0. The number of carbonyl (C=O) groups excluding carboxylic acids is 2. The van der Waals surface area contributed by atoms with E-state index in [0.717, 1.165) is 0 Å². The Morgan fingerprint density at radius 1 is 1.00 bits per heavy atom. The molecule has 0 saturated carbocycles. The minimum Gasteiger partial charge on any atom is -0.549 e. The number of rotatable bonds is 3. The lowest BCUT2D eigenvalue weighted by Gasteiger charge is -2.17. The average Bonchev–Trinajstić information content (AvgIpc) is 1.84. The fraction of sp³-hybridized carbons (Fsp3) is 0.500. The summed E-state index contributed by atoms with van der Waals surface area (Å²) in [6, 6.07) is 0. The molecule has 0 aromatic carbocycles. The lowest BCUT2D eigenvalue weighted by molar-refractivity contribution is -0.313. The van der Waals surface area contributed by atoms with Crippen molar-refractivity contribution in [1.29, 1.82) is 0 Å². The highest BCUT2D eigenvalue weighted by Gasteiger charge is 2.17. The molecule has 0 N–H and O–H groups in total. The molecule has 0 bridgehead atoms. The van der Waals surface area contributed by atoms with Crippen LogP contribution in [0.15, 0.2) is 0 Å². The standard InChI is InChI=1S/C4H4Br2O4/c5-1(3(7)8)2(6)4(9)10/h1-2H,(H,7,8)(H,9,10)/p-2/t1-,2-/m1/s1. The molecule has 0 aromatic rings. The molecule has 0 aromatic heterocycles. The van der Waals surface area contributed by atoms with Crippen molar-refractivity contribution in [3.05, 3.63) is 0 Å². The molecule has 10 heavy (non-hydrogen) atoms. The van der Waals surface area contributed by atoms with E-state index in [1.54, 1.807) is 0 Å². The van der Waals surface area contributed by atoms with Gasteiger partial charge in [-0.25, -0.2) is 0 Å². The normalized spacial score (nSPS) is 15.8. The number of aliphatic carboxylic acids is 2. The van der Waals surface area contributed by atoms with Crippen molar-refractivity contribution in [2.45, 2.75) is 9.65 Å². The van der Waals surface area contributed by atoms with Crippen LogP contribution < -0.4 is 10.2 Å². The number of hydrogen-bond donors (Lipinski definition) is 0. The predicted molar refractivity (Wildman–Crippen MR) is 35.4 cm³/mol. The summed E-state index contributed by atoms with van der Waals surface area (Å²) in [5, 5.41) is 19.9. The molecule has 0 amide bonds.